The van der Waals surface area contributed by atoms with Crippen LogP contribution in [-0.4, -0.2) is 36.4 Å². The van der Waals surface area contributed by atoms with Crippen LogP contribution in [0.4, 0.5) is 8.78 Å². The van der Waals surface area contributed by atoms with E-state index in [0.29, 0.717) is 59.2 Å². The van der Waals surface area contributed by atoms with E-state index in [1.54, 1.807) is 38.5 Å². The second kappa shape index (κ2) is 25.1. The van der Waals surface area contributed by atoms with E-state index < -0.39 is 11.9 Å². The summed E-state index contributed by atoms with van der Waals surface area (Å²) in [7, 11) is 3.15. The standard InChI is InChI=1S/2C31H37FO4/c2*1-20(2)15-23(17-30(33)34)22-8-10-24(11-9-22)36-19-21-7-13-28(31(3,4)5)26(16-21)27-18-25(35-6)12-14-29(27)32/h2*7-14,16,18,20,23H,15,17,19H2,1-6H3,(H,33,34)/t2*23-/m10/s1. The summed E-state index contributed by atoms with van der Waals surface area (Å²) in [5.74, 6) is 1.19. The Labute approximate surface area is 426 Å². The number of methoxy groups -OCH3 is 2. The number of halogens is 2. The van der Waals surface area contributed by atoms with Crippen LogP contribution in [-0.2, 0) is 33.6 Å². The van der Waals surface area contributed by atoms with Crippen LogP contribution in [0.2, 0.25) is 0 Å². The Balaban J connectivity index is 0.000000267. The summed E-state index contributed by atoms with van der Waals surface area (Å²) >= 11 is 0. The predicted molar refractivity (Wildman–Crippen MR) is 285 cm³/mol. The maximum atomic E-state index is 14.9. The largest absolute Gasteiger partial charge is 0.497 e. The second-order valence-electron chi connectivity index (χ2n) is 21.5. The molecule has 0 fully saturated rings. The Hall–Kier alpha value is -6.68. The molecule has 10 heteroatoms. The lowest BCUT2D eigenvalue weighted by Crippen LogP contribution is -2.13. The van der Waals surface area contributed by atoms with Crippen molar-refractivity contribution in [2.75, 3.05) is 14.2 Å². The Morgan fingerprint density at radius 3 is 1.10 bits per heavy atom. The summed E-state index contributed by atoms with van der Waals surface area (Å²) in [6.45, 7) is 21.7. The van der Waals surface area contributed by atoms with Crippen molar-refractivity contribution in [2.24, 2.45) is 11.8 Å². The molecule has 72 heavy (non-hydrogen) atoms. The summed E-state index contributed by atoms with van der Waals surface area (Å²) in [5.41, 5.74) is 8.22. The zero-order valence-corrected chi connectivity index (χ0v) is 44.2. The van der Waals surface area contributed by atoms with Crippen molar-refractivity contribution in [1.29, 1.82) is 0 Å². The van der Waals surface area contributed by atoms with Crippen LogP contribution < -0.4 is 18.9 Å². The lowest BCUT2D eigenvalue weighted by atomic mass is 9.81. The van der Waals surface area contributed by atoms with Crippen molar-refractivity contribution < 1.29 is 47.5 Å². The van der Waals surface area contributed by atoms with Gasteiger partial charge in [0.25, 0.3) is 0 Å². The highest BCUT2D eigenvalue weighted by Gasteiger charge is 2.24. The van der Waals surface area contributed by atoms with Gasteiger partial charge in [0.15, 0.2) is 0 Å². The monoisotopic (exact) mass is 985 g/mol. The van der Waals surface area contributed by atoms with Crippen molar-refractivity contribution >= 4 is 11.9 Å². The minimum atomic E-state index is -0.789. The van der Waals surface area contributed by atoms with Crippen molar-refractivity contribution in [1.82, 2.24) is 0 Å². The summed E-state index contributed by atoms with van der Waals surface area (Å²) in [6, 6.07) is 37.0. The first-order chi connectivity index (χ1) is 33.9. The molecule has 0 heterocycles. The molecule has 0 amide bonds. The number of hydrogen-bond acceptors (Lipinski definition) is 6. The summed E-state index contributed by atoms with van der Waals surface area (Å²) < 4.78 is 52.5. The smallest absolute Gasteiger partial charge is 0.303 e. The third kappa shape index (κ3) is 16.2. The molecular weight excluding hydrogens is 911 g/mol. The van der Waals surface area contributed by atoms with Gasteiger partial charge in [0.1, 0.15) is 47.8 Å². The quantitative estimate of drug-likeness (QED) is 0.0778. The van der Waals surface area contributed by atoms with E-state index in [2.05, 4.69) is 69.2 Å². The van der Waals surface area contributed by atoms with Gasteiger partial charge in [-0.25, -0.2) is 8.78 Å². The summed E-state index contributed by atoms with van der Waals surface area (Å²) in [5, 5.41) is 18.6. The minimum absolute atomic E-state index is 0.0261. The van der Waals surface area contributed by atoms with Crippen LogP contribution in [0.5, 0.6) is 23.0 Å². The van der Waals surface area contributed by atoms with Gasteiger partial charge in [-0.15, -0.1) is 0 Å². The molecule has 2 N–H and O–H groups in total. The molecule has 0 spiro atoms. The normalized spacial score (nSPS) is 12.4. The van der Waals surface area contributed by atoms with Gasteiger partial charge in [0.05, 0.1) is 27.1 Å². The molecule has 2 atom stereocenters. The van der Waals surface area contributed by atoms with Crippen LogP contribution in [0, 0.1) is 23.5 Å². The molecular formula is C62H74F2O8. The number of carbonyl (C=O) groups is 2. The Morgan fingerprint density at radius 2 is 0.806 bits per heavy atom. The van der Waals surface area contributed by atoms with Crippen molar-refractivity contribution in [2.45, 2.75) is 131 Å². The third-order valence-corrected chi connectivity index (χ3v) is 12.6. The number of rotatable bonds is 20. The fraction of sp³-hybridized carbons (Fsp3) is 0.387. The third-order valence-electron chi connectivity index (χ3n) is 12.6. The van der Waals surface area contributed by atoms with Gasteiger partial charge in [0, 0.05) is 11.1 Å². The van der Waals surface area contributed by atoms with Gasteiger partial charge in [-0.1, -0.05) is 118 Å². The molecule has 8 nitrogen and oxygen atoms in total. The number of ether oxygens (including phenoxy) is 4. The highest BCUT2D eigenvalue weighted by atomic mass is 19.1. The Kier molecular flexibility index (Phi) is 19.6. The number of carboxylic acid groups (broad SMARTS) is 2. The number of hydrogen-bond donors (Lipinski definition) is 2. The average Bonchev–Trinajstić information content (AvgIpc) is 3.32. The van der Waals surface area contributed by atoms with Gasteiger partial charge in [-0.2, -0.15) is 0 Å². The zero-order valence-electron chi connectivity index (χ0n) is 44.2. The predicted octanol–water partition coefficient (Wildman–Crippen LogP) is 16.0. The fourth-order valence-corrected chi connectivity index (χ4v) is 9.03. The molecule has 0 aliphatic rings. The van der Waals surface area contributed by atoms with Gasteiger partial charge >= 0.3 is 11.9 Å². The molecule has 0 aliphatic heterocycles. The Bertz CT molecular complexity index is 2540. The molecule has 384 valence electrons. The summed E-state index contributed by atoms with van der Waals surface area (Å²) in [4.78, 5) is 22.6. The average molecular weight is 985 g/mol. The molecule has 0 unspecified atom stereocenters. The zero-order chi connectivity index (χ0) is 52.9. The summed E-state index contributed by atoms with van der Waals surface area (Å²) in [6.07, 6.45) is 1.86. The van der Waals surface area contributed by atoms with Crippen LogP contribution in [0.25, 0.3) is 22.3 Å². The van der Waals surface area contributed by atoms with Gasteiger partial charge < -0.3 is 29.2 Å². The first-order valence-electron chi connectivity index (χ1n) is 24.8. The first-order valence-corrected chi connectivity index (χ1v) is 24.8. The molecule has 0 saturated carbocycles. The molecule has 6 aromatic carbocycles. The lowest BCUT2D eigenvalue weighted by molar-refractivity contribution is -0.138. The number of benzene rings is 6. The minimum Gasteiger partial charge on any atom is -0.497 e. The van der Waals surface area contributed by atoms with Crippen molar-refractivity contribution in [3.8, 4) is 45.3 Å². The number of aliphatic carboxylic acids is 2. The van der Waals surface area contributed by atoms with Gasteiger partial charge in [-0.3, -0.25) is 9.59 Å². The second-order valence-corrected chi connectivity index (χ2v) is 21.5. The first kappa shape index (κ1) is 56.2. The molecule has 0 aromatic heterocycles. The van der Waals surface area contributed by atoms with Crippen LogP contribution >= 0.6 is 0 Å². The highest BCUT2D eigenvalue weighted by molar-refractivity contribution is 5.73. The van der Waals surface area contributed by atoms with Crippen LogP contribution in [0.1, 0.15) is 140 Å². The fourth-order valence-electron chi connectivity index (χ4n) is 9.03. The van der Waals surface area contributed by atoms with Crippen LogP contribution in [0.3, 0.4) is 0 Å². The van der Waals surface area contributed by atoms with Crippen LogP contribution in [0.15, 0.2) is 121 Å². The molecule has 0 aliphatic carbocycles. The molecule has 6 rings (SSSR count). The van der Waals surface area contributed by atoms with E-state index in [1.807, 2.05) is 84.9 Å². The SMILES string of the molecule is COc1ccc(F)c(-c2cc(COc3ccc([C@@H](CC(=O)O)CC(C)C)cc3)ccc2C(C)(C)C)c1.COc1ccc(F)c(-c2cc(COc3ccc([C@H](CC(=O)O)CC(C)C)cc3)ccc2C(C)(C)C)c1. The maximum absolute atomic E-state index is 14.9. The number of carboxylic acids is 2. The van der Waals surface area contributed by atoms with E-state index in [4.69, 9.17) is 18.9 Å². The van der Waals surface area contributed by atoms with Crippen molar-refractivity contribution in [3.05, 3.63) is 166 Å². The molecule has 0 saturated heterocycles. The van der Waals surface area contributed by atoms with Gasteiger partial charge in [-0.05, 0) is 165 Å². The lowest BCUT2D eigenvalue weighted by Gasteiger charge is -2.24. The van der Waals surface area contributed by atoms with E-state index in [9.17, 15) is 28.6 Å². The van der Waals surface area contributed by atoms with E-state index >= 15 is 0 Å². The highest BCUT2D eigenvalue weighted by Crippen LogP contribution is 2.39. The van der Waals surface area contributed by atoms with Crippen molar-refractivity contribution in [3.63, 3.8) is 0 Å². The van der Waals surface area contributed by atoms with Gasteiger partial charge in [0.2, 0.25) is 0 Å². The molecule has 0 bridgehead atoms. The Morgan fingerprint density at radius 1 is 0.472 bits per heavy atom. The van der Waals surface area contributed by atoms with E-state index in [0.717, 1.165) is 57.3 Å². The van der Waals surface area contributed by atoms with E-state index in [1.165, 1.54) is 12.1 Å². The topological polar surface area (TPSA) is 112 Å². The van der Waals surface area contributed by atoms with E-state index in [-0.39, 0.29) is 47.1 Å². The molecule has 6 aromatic rings. The maximum Gasteiger partial charge on any atom is 0.303 e. The molecule has 0 radical (unpaired) electrons.